The average Bonchev–Trinajstić information content (AvgIpc) is 2.33. The van der Waals surface area contributed by atoms with Gasteiger partial charge in [-0.2, -0.15) is 0 Å². The number of rotatable bonds is 6. The summed E-state index contributed by atoms with van der Waals surface area (Å²) in [5.74, 6) is 0.629. The lowest BCUT2D eigenvalue weighted by Gasteiger charge is -2.07. The van der Waals surface area contributed by atoms with Crippen LogP contribution < -0.4 is 0 Å². The van der Waals surface area contributed by atoms with E-state index in [2.05, 4.69) is 13.8 Å². The summed E-state index contributed by atoms with van der Waals surface area (Å²) >= 11 is 0. The molecule has 0 saturated heterocycles. The zero-order chi connectivity index (χ0) is 14.5. The monoisotopic (exact) mass is 282 g/mol. The Morgan fingerprint density at radius 1 is 1.26 bits per heavy atom. The summed E-state index contributed by atoms with van der Waals surface area (Å²) in [6.45, 7) is 4.29. The Kier molecular flexibility index (Phi) is 5.76. The van der Waals surface area contributed by atoms with Gasteiger partial charge in [-0.3, -0.25) is 0 Å². The van der Waals surface area contributed by atoms with Crippen molar-refractivity contribution in [2.24, 2.45) is 5.92 Å². The highest BCUT2D eigenvalue weighted by Crippen LogP contribution is 2.19. The van der Waals surface area contributed by atoms with E-state index in [9.17, 15) is 13.5 Å². The van der Waals surface area contributed by atoms with Crippen molar-refractivity contribution in [1.82, 2.24) is 0 Å². The molecule has 0 bridgehead atoms. The van der Waals surface area contributed by atoms with Crippen LogP contribution in [0.1, 0.15) is 32.3 Å². The summed E-state index contributed by atoms with van der Waals surface area (Å²) in [4.78, 5) is 0.302. The van der Waals surface area contributed by atoms with Crippen LogP contribution in [0.3, 0.4) is 0 Å². The van der Waals surface area contributed by atoms with E-state index in [4.69, 9.17) is 0 Å². The van der Waals surface area contributed by atoms with E-state index in [1.807, 2.05) is 6.08 Å². The maximum Gasteiger partial charge on any atom is 0.175 e. The van der Waals surface area contributed by atoms with Gasteiger partial charge in [0.05, 0.1) is 11.5 Å². The van der Waals surface area contributed by atoms with Crippen LogP contribution in [0.5, 0.6) is 0 Å². The number of hydrogen-bond donors (Lipinski definition) is 1. The van der Waals surface area contributed by atoms with Gasteiger partial charge in [0.15, 0.2) is 9.84 Å². The van der Waals surface area contributed by atoms with Crippen molar-refractivity contribution in [2.75, 3.05) is 12.9 Å². The summed E-state index contributed by atoms with van der Waals surface area (Å²) in [6.07, 6.45) is 5.20. The Bertz CT molecular complexity index is 525. The second-order valence-corrected chi connectivity index (χ2v) is 7.17. The molecule has 1 aromatic carbocycles. The van der Waals surface area contributed by atoms with Crippen LogP contribution in [0.15, 0.2) is 35.2 Å². The second-order valence-electron chi connectivity index (χ2n) is 5.16. The van der Waals surface area contributed by atoms with E-state index in [0.29, 0.717) is 10.8 Å². The molecule has 3 nitrogen and oxygen atoms in total. The topological polar surface area (TPSA) is 54.4 Å². The predicted octanol–water partition coefficient (Wildman–Crippen LogP) is 2.90. The molecule has 0 aliphatic carbocycles. The summed E-state index contributed by atoms with van der Waals surface area (Å²) in [6, 6.07) is 6.65. The Balaban J connectivity index is 2.88. The van der Waals surface area contributed by atoms with Gasteiger partial charge in [-0.05, 0) is 42.0 Å². The fraction of sp³-hybridized carbons (Fsp3) is 0.467. The lowest BCUT2D eigenvalue weighted by Crippen LogP contribution is -1.98. The van der Waals surface area contributed by atoms with Crippen LogP contribution in [0.4, 0.5) is 0 Å². The van der Waals surface area contributed by atoms with Gasteiger partial charge < -0.3 is 5.11 Å². The average molecular weight is 282 g/mol. The van der Waals surface area contributed by atoms with Gasteiger partial charge in [-0.25, -0.2) is 8.42 Å². The van der Waals surface area contributed by atoms with Gasteiger partial charge in [0.1, 0.15) is 0 Å². The molecule has 0 aromatic heterocycles. The standard InChI is InChI=1S/C15H22O3S/c1-12(2)5-4-6-14(11-16)13-7-9-15(10-8-13)19(3,17)18/h6-10,12,16H,4-5,11H2,1-3H3. The molecule has 19 heavy (non-hydrogen) atoms. The molecule has 1 N–H and O–H groups in total. The Morgan fingerprint density at radius 2 is 1.84 bits per heavy atom. The first-order valence-electron chi connectivity index (χ1n) is 6.45. The number of allylic oxidation sites excluding steroid dienone is 1. The van der Waals surface area contributed by atoms with Crippen molar-refractivity contribution in [1.29, 1.82) is 0 Å². The van der Waals surface area contributed by atoms with Crippen molar-refractivity contribution >= 4 is 15.4 Å². The minimum absolute atomic E-state index is 0.0314. The molecule has 0 aliphatic heterocycles. The molecule has 0 saturated carbocycles. The number of sulfone groups is 1. The van der Waals surface area contributed by atoms with E-state index in [1.54, 1.807) is 24.3 Å². The lowest BCUT2D eigenvalue weighted by atomic mass is 10.0. The molecule has 0 spiro atoms. The molecule has 1 rings (SSSR count). The largest absolute Gasteiger partial charge is 0.392 e. The summed E-state index contributed by atoms with van der Waals surface area (Å²) in [5, 5.41) is 9.39. The van der Waals surface area contributed by atoms with Gasteiger partial charge in [-0.15, -0.1) is 0 Å². The Labute approximate surface area is 115 Å². The quantitative estimate of drug-likeness (QED) is 0.873. The molecule has 0 fully saturated rings. The molecule has 0 heterocycles. The molecule has 0 amide bonds. The zero-order valence-corrected chi connectivity index (χ0v) is 12.6. The summed E-state index contributed by atoms with van der Waals surface area (Å²) < 4.78 is 22.7. The molecule has 0 aliphatic rings. The van der Waals surface area contributed by atoms with Gasteiger partial charge in [0, 0.05) is 6.26 Å². The van der Waals surface area contributed by atoms with Gasteiger partial charge in [0.2, 0.25) is 0 Å². The highest BCUT2D eigenvalue weighted by atomic mass is 32.2. The van der Waals surface area contributed by atoms with Gasteiger partial charge in [0.25, 0.3) is 0 Å². The fourth-order valence-electron chi connectivity index (χ4n) is 1.78. The van der Waals surface area contributed by atoms with Crippen molar-refractivity contribution in [3.05, 3.63) is 35.9 Å². The number of aliphatic hydroxyl groups excluding tert-OH is 1. The Morgan fingerprint density at radius 3 is 2.26 bits per heavy atom. The van der Waals surface area contributed by atoms with E-state index < -0.39 is 9.84 Å². The van der Waals surface area contributed by atoms with Crippen molar-refractivity contribution in [3.63, 3.8) is 0 Å². The minimum atomic E-state index is -3.16. The smallest absolute Gasteiger partial charge is 0.175 e. The first-order chi connectivity index (χ1) is 8.84. The summed E-state index contributed by atoms with van der Waals surface area (Å²) in [7, 11) is -3.16. The van der Waals surface area contributed by atoms with Gasteiger partial charge >= 0.3 is 0 Å². The first kappa shape index (κ1) is 15.9. The molecular formula is C15H22O3S. The van der Waals surface area contributed by atoms with Crippen LogP contribution in [-0.4, -0.2) is 26.4 Å². The van der Waals surface area contributed by atoms with E-state index >= 15 is 0 Å². The number of aliphatic hydroxyl groups is 1. The molecule has 0 radical (unpaired) electrons. The molecule has 0 unspecified atom stereocenters. The van der Waals surface area contributed by atoms with Crippen LogP contribution in [-0.2, 0) is 9.84 Å². The molecular weight excluding hydrogens is 260 g/mol. The van der Waals surface area contributed by atoms with Crippen LogP contribution in [0, 0.1) is 5.92 Å². The third-order valence-corrected chi connectivity index (χ3v) is 4.09. The summed E-state index contributed by atoms with van der Waals surface area (Å²) in [5.41, 5.74) is 1.72. The Hall–Kier alpha value is -1.13. The third-order valence-electron chi connectivity index (χ3n) is 2.96. The molecule has 4 heteroatoms. The van der Waals surface area contributed by atoms with Crippen LogP contribution >= 0.6 is 0 Å². The number of benzene rings is 1. The maximum absolute atomic E-state index is 11.4. The second kappa shape index (κ2) is 6.87. The van der Waals surface area contributed by atoms with E-state index in [1.165, 1.54) is 6.26 Å². The highest BCUT2D eigenvalue weighted by molar-refractivity contribution is 7.90. The van der Waals surface area contributed by atoms with Crippen molar-refractivity contribution in [3.8, 4) is 0 Å². The third kappa shape index (κ3) is 5.17. The van der Waals surface area contributed by atoms with Gasteiger partial charge in [-0.1, -0.05) is 32.1 Å². The lowest BCUT2D eigenvalue weighted by molar-refractivity contribution is 0.349. The normalized spacial score (nSPS) is 13.0. The maximum atomic E-state index is 11.4. The van der Waals surface area contributed by atoms with E-state index in [0.717, 1.165) is 24.0 Å². The first-order valence-corrected chi connectivity index (χ1v) is 8.34. The molecule has 1 aromatic rings. The predicted molar refractivity (Wildman–Crippen MR) is 78.7 cm³/mol. The minimum Gasteiger partial charge on any atom is -0.392 e. The van der Waals surface area contributed by atoms with Crippen molar-refractivity contribution < 1.29 is 13.5 Å². The number of hydrogen-bond acceptors (Lipinski definition) is 3. The van der Waals surface area contributed by atoms with Crippen molar-refractivity contribution in [2.45, 2.75) is 31.6 Å². The fourth-order valence-corrected chi connectivity index (χ4v) is 2.41. The van der Waals surface area contributed by atoms with Crippen LogP contribution in [0.25, 0.3) is 5.57 Å². The molecule has 106 valence electrons. The molecule has 0 atom stereocenters. The highest BCUT2D eigenvalue weighted by Gasteiger charge is 2.07. The van der Waals surface area contributed by atoms with Crippen LogP contribution in [0.2, 0.25) is 0 Å². The van der Waals surface area contributed by atoms with E-state index in [-0.39, 0.29) is 6.61 Å². The SMILES string of the molecule is CC(C)CCC=C(CO)c1ccc(S(C)(=O)=O)cc1. The zero-order valence-electron chi connectivity index (χ0n) is 11.8.